The van der Waals surface area contributed by atoms with Crippen LogP contribution < -0.4 is 5.32 Å². The summed E-state index contributed by atoms with van der Waals surface area (Å²) in [6.45, 7) is 3.82. The molecule has 0 fully saturated rings. The van der Waals surface area contributed by atoms with Crippen LogP contribution in [-0.4, -0.2) is 25.6 Å². The third kappa shape index (κ3) is 4.19. The van der Waals surface area contributed by atoms with Crippen molar-refractivity contribution in [2.45, 2.75) is 26.1 Å². The average Bonchev–Trinajstić information content (AvgIpc) is 3.17. The van der Waals surface area contributed by atoms with E-state index in [0.29, 0.717) is 6.04 Å². The van der Waals surface area contributed by atoms with Crippen molar-refractivity contribution < 1.29 is 0 Å². The Labute approximate surface area is 136 Å². The number of aromatic nitrogens is 4. The summed E-state index contributed by atoms with van der Waals surface area (Å²) in [6, 6.07) is 12.4. The molecule has 0 radical (unpaired) electrons. The first-order valence-electron chi connectivity index (χ1n) is 7.11. The van der Waals surface area contributed by atoms with Gasteiger partial charge in [0.2, 0.25) is 0 Å². The van der Waals surface area contributed by atoms with Gasteiger partial charge in [-0.05, 0) is 25.1 Å². The van der Waals surface area contributed by atoms with Gasteiger partial charge in [-0.1, -0.05) is 18.2 Å². The van der Waals surface area contributed by atoms with Crippen molar-refractivity contribution in [2.24, 2.45) is 0 Å². The molecule has 1 N–H and O–H groups in total. The zero-order valence-electron chi connectivity index (χ0n) is 12.5. The molecule has 116 valence electrons. The van der Waals surface area contributed by atoms with Gasteiger partial charge in [0, 0.05) is 36.7 Å². The molecule has 1 aromatic carbocycles. The van der Waals surface area contributed by atoms with Crippen LogP contribution >= 0.6 is 12.4 Å². The standard InChI is InChI=1S/C16H19N5.ClH/c1-14(12-20-9-5-8-18-20)17-10-15-11-19-21(13-15)16-6-3-2-4-7-16;/h2-9,11,13-14,17H,10,12H2,1H3;1H. The number of nitrogens with zero attached hydrogens (tertiary/aromatic N) is 4. The summed E-state index contributed by atoms with van der Waals surface area (Å²) in [5, 5.41) is 12.1. The van der Waals surface area contributed by atoms with Crippen molar-refractivity contribution in [3.05, 3.63) is 66.7 Å². The van der Waals surface area contributed by atoms with Gasteiger partial charge >= 0.3 is 0 Å². The minimum Gasteiger partial charge on any atom is -0.308 e. The van der Waals surface area contributed by atoms with Crippen LogP contribution in [0, 0.1) is 0 Å². The predicted octanol–water partition coefficient (Wildman–Crippen LogP) is 2.67. The van der Waals surface area contributed by atoms with Crippen molar-refractivity contribution in [3.63, 3.8) is 0 Å². The van der Waals surface area contributed by atoms with Crippen LogP contribution in [0.25, 0.3) is 5.69 Å². The Hall–Kier alpha value is -2.11. The van der Waals surface area contributed by atoms with E-state index in [0.717, 1.165) is 18.8 Å². The maximum absolute atomic E-state index is 4.40. The highest BCUT2D eigenvalue weighted by molar-refractivity contribution is 5.85. The molecule has 22 heavy (non-hydrogen) atoms. The molecule has 0 amide bonds. The maximum Gasteiger partial charge on any atom is 0.0645 e. The highest BCUT2D eigenvalue weighted by atomic mass is 35.5. The lowest BCUT2D eigenvalue weighted by Gasteiger charge is -2.12. The van der Waals surface area contributed by atoms with E-state index in [1.807, 2.05) is 58.2 Å². The number of hydrogen-bond donors (Lipinski definition) is 1. The Balaban J connectivity index is 0.00000176. The Morgan fingerprint density at radius 3 is 2.68 bits per heavy atom. The fourth-order valence-electron chi connectivity index (χ4n) is 2.22. The molecule has 2 heterocycles. The van der Waals surface area contributed by atoms with E-state index in [9.17, 15) is 0 Å². The van der Waals surface area contributed by atoms with E-state index >= 15 is 0 Å². The van der Waals surface area contributed by atoms with Crippen LogP contribution in [0.15, 0.2) is 61.2 Å². The summed E-state index contributed by atoms with van der Waals surface area (Å²) in [5.41, 5.74) is 2.25. The summed E-state index contributed by atoms with van der Waals surface area (Å²) in [7, 11) is 0. The second-order valence-corrected chi connectivity index (χ2v) is 5.14. The van der Waals surface area contributed by atoms with Crippen molar-refractivity contribution in [3.8, 4) is 5.69 Å². The lowest BCUT2D eigenvalue weighted by Crippen LogP contribution is -2.30. The SMILES string of the molecule is CC(Cn1cccn1)NCc1cnn(-c2ccccc2)c1.Cl. The third-order valence-electron chi connectivity index (χ3n) is 3.33. The lowest BCUT2D eigenvalue weighted by molar-refractivity contribution is 0.451. The molecule has 0 aliphatic heterocycles. The molecule has 0 saturated carbocycles. The number of para-hydroxylation sites is 1. The van der Waals surface area contributed by atoms with E-state index in [-0.39, 0.29) is 12.4 Å². The summed E-state index contributed by atoms with van der Waals surface area (Å²) in [5.74, 6) is 0. The normalized spacial score (nSPS) is 11.9. The van der Waals surface area contributed by atoms with Gasteiger partial charge in [-0.2, -0.15) is 10.2 Å². The molecular formula is C16H20ClN5. The van der Waals surface area contributed by atoms with Gasteiger partial charge < -0.3 is 5.32 Å². The smallest absolute Gasteiger partial charge is 0.0645 e. The van der Waals surface area contributed by atoms with Crippen LogP contribution in [-0.2, 0) is 13.1 Å². The first-order chi connectivity index (χ1) is 10.3. The summed E-state index contributed by atoms with van der Waals surface area (Å²) < 4.78 is 3.83. The average molecular weight is 318 g/mol. The molecule has 5 nitrogen and oxygen atoms in total. The molecule has 1 unspecified atom stereocenters. The second kappa shape index (κ2) is 7.77. The van der Waals surface area contributed by atoms with Gasteiger partial charge in [-0.3, -0.25) is 4.68 Å². The van der Waals surface area contributed by atoms with Crippen LogP contribution in [0.4, 0.5) is 0 Å². The quantitative estimate of drug-likeness (QED) is 0.760. The largest absolute Gasteiger partial charge is 0.308 e. The minimum absolute atomic E-state index is 0. The molecule has 3 aromatic rings. The molecule has 6 heteroatoms. The highest BCUT2D eigenvalue weighted by Crippen LogP contribution is 2.07. The van der Waals surface area contributed by atoms with Crippen molar-refractivity contribution in [1.29, 1.82) is 0 Å². The van der Waals surface area contributed by atoms with Crippen LogP contribution in [0.1, 0.15) is 12.5 Å². The Morgan fingerprint density at radius 1 is 1.14 bits per heavy atom. The molecule has 0 bridgehead atoms. The van der Waals surface area contributed by atoms with Crippen LogP contribution in [0.2, 0.25) is 0 Å². The number of nitrogens with one attached hydrogen (secondary N) is 1. The Kier molecular flexibility index (Phi) is 5.75. The third-order valence-corrected chi connectivity index (χ3v) is 3.33. The molecular weight excluding hydrogens is 298 g/mol. The van der Waals surface area contributed by atoms with Gasteiger partial charge in [-0.15, -0.1) is 12.4 Å². The van der Waals surface area contributed by atoms with Gasteiger partial charge in [0.15, 0.2) is 0 Å². The Morgan fingerprint density at radius 2 is 1.95 bits per heavy atom. The molecule has 1 atom stereocenters. The van der Waals surface area contributed by atoms with E-state index in [1.165, 1.54) is 5.56 Å². The van der Waals surface area contributed by atoms with Crippen molar-refractivity contribution in [2.75, 3.05) is 0 Å². The van der Waals surface area contributed by atoms with Gasteiger partial charge in [0.1, 0.15) is 0 Å². The summed E-state index contributed by atoms with van der Waals surface area (Å²) in [4.78, 5) is 0. The molecule has 0 aliphatic rings. The van der Waals surface area contributed by atoms with Gasteiger partial charge in [0.05, 0.1) is 18.4 Å². The first kappa shape index (κ1) is 16.3. The molecule has 2 aromatic heterocycles. The number of rotatable bonds is 6. The van der Waals surface area contributed by atoms with E-state index in [2.05, 4.69) is 28.6 Å². The van der Waals surface area contributed by atoms with Crippen LogP contribution in [0.5, 0.6) is 0 Å². The number of hydrogen-bond acceptors (Lipinski definition) is 3. The Bertz CT molecular complexity index is 663. The zero-order chi connectivity index (χ0) is 14.5. The number of halogens is 1. The minimum atomic E-state index is 0. The fourth-order valence-corrected chi connectivity index (χ4v) is 2.22. The molecule has 0 saturated heterocycles. The van der Waals surface area contributed by atoms with E-state index in [4.69, 9.17) is 0 Å². The monoisotopic (exact) mass is 317 g/mol. The van der Waals surface area contributed by atoms with Gasteiger partial charge in [-0.25, -0.2) is 4.68 Å². The highest BCUT2D eigenvalue weighted by Gasteiger charge is 2.05. The van der Waals surface area contributed by atoms with E-state index in [1.54, 1.807) is 6.20 Å². The zero-order valence-corrected chi connectivity index (χ0v) is 13.3. The first-order valence-corrected chi connectivity index (χ1v) is 7.11. The van der Waals surface area contributed by atoms with E-state index < -0.39 is 0 Å². The molecule has 3 rings (SSSR count). The summed E-state index contributed by atoms with van der Waals surface area (Å²) >= 11 is 0. The second-order valence-electron chi connectivity index (χ2n) is 5.14. The van der Waals surface area contributed by atoms with Crippen molar-refractivity contribution in [1.82, 2.24) is 24.9 Å². The maximum atomic E-state index is 4.40. The predicted molar refractivity (Wildman–Crippen MR) is 89.3 cm³/mol. The topological polar surface area (TPSA) is 47.7 Å². The molecule has 0 spiro atoms. The summed E-state index contributed by atoms with van der Waals surface area (Å²) in [6.07, 6.45) is 7.74. The fraction of sp³-hybridized carbons (Fsp3) is 0.250. The van der Waals surface area contributed by atoms with Gasteiger partial charge in [0.25, 0.3) is 0 Å². The van der Waals surface area contributed by atoms with Crippen LogP contribution in [0.3, 0.4) is 0 Å². The van der Waals surface area contributed by atoms with Crippen molar-refractivity contribution >= 4 is 12.4 Å². The lowest BCUT2D eigenvalue weighted by atomic mass is 10.3. The number of benzene rings is 1. The molecule has 0 aliphatic carbocycles.